The van der Waals surface area contributed by atoms with Crippen molar-refractivity contribution in [1.29, 1.82) is 0 Å². The molecule has 0 aromatic rings. The maximum absolute atomic E-state index is 11.9. The minimum Gasteiger partial charge on any atom is -0.346 e. The Morgan fingerprint density at radius 3 is 2.72 bits per heavy atom. The number of likely N-dealkylation sites (tertiary alicyclic amines) is 1. The van der Waals surface area contributed by atoms with Crippen molar-refractivity contribution in [2.45, 2.75) is 25.9 Å². The monoisotopic (exact) mass is 266 g/mol. The molecule has 1 unspecified atom stereocenters. The molecule has 1 rings (SSSR count). The molecule has 1 saturated heterocycles. The van der Waals surface area contributed by atoms with Crippen molar-refractivity contribution in [2.75, 3.05) is 26.2 Å². The van der Waals surface area contributed by atoms with Crippen molar-refractivity contribution < 1.29 is 22.8 Å². The SMILES string of the molecule is CCC1CN(CC(=O)NCC(F)(F)F)CCC1=O. The molecule has 0 bridgehead atoms. The second kappa shape index (κ2) is 6.17. The van der Waals surface area contributed by atoms with E-state index >= 15 is 0 Å². The molecule has 1 amide bonds. The van der Waals surface area contributed by atoms with Crippen molar-refractivity contribution in [3.05, 3.63) is 0 Å². The van der Waals surface area contributed by atoms with Gasteiger partial charge >= 0.3 is 6.18 Å². The van der Waals surface area contributed by atoms with E-state index in [-0.39, 0.29) is 18.2 Å². The number of amides is 1. The second-order valence-electron chi connectivity index (χ2n) is 4.45. The van der Waals surface area contributed by atoms with E-state index in [1.54, 1.807) is 4.90 Å². The number of ketones is 1. The van der Waals surface area contributed by atoms with Gasteiger partial charge in [-0.1, -0.05) is 6.92 Å². The highest BCUT2D eigenvalue weighted by Gasteiger charge is 2.29. The molecule has 0 aliphatic carbocycles. The standard InChI is InChI=1S/C11H17F3N2O2/c1-2-8-5-16(4-3-9(8)17)6-10(18)15-7-11(12,13)14/h8H,2-7H2,1H3,(H,15,18). The van der Waals surface area contributed by atoms with Gasteiger partial charge < -0.3 is 5.32 Å². The number of carbonyl (C=O) groups is 2. The molecule has 1 atom stereocenters. The Morgan fingerprint density at radius 2 is 2.17 bits per heavy atom. The number of halogens is 3. The summed E-state index contributed by atoms with van der Waals surface area (Å²) in [5, 5.41) is 1.82. The lowest BCUT2D eigenvalue weighted by atomic mass is 9.94. The zero-order valence-corrected chi connectivity index (χ0v) is 10.2. The van der Waals surface area contributed by atoms with Gasteiger partial charge in [-0.15, -0.1) is 0 Å². The average Bonchev–Trinajstić information content (AvgIpc) is 2.28. The molecule has 1 aliphatic heterocycles. The van der Waals surface area contributed by atoms with E-state index in [2.05, 4.69) is 0 Å². The average molecular weight is 266 g/mol. The van der Waals surface area contributed by atoms with E-state index < -0.39 is 18.6 Å². The van der Waals surface area contributed by atoms with Crippen LogP contribution in [0, 0.1) is 5.92 Å². The molecule has 7 heteroatoms. The van der Waals surface area contributed by atoms with Gasteiger partial charge in [0.1, 0.15) is 12.3 Å². The molecule has 0 aromatic heterocycles. The molecule has 1 N–H and O–H groups in total. The Hall–Kier alpha value is -1.11. The van der Waals surface area contributed by atoms with Gasteiger partial charge in [-0.2, -0.15) is 13.2 Å². The molecule has 0 radical (unpaired) electrons. The van der Waals surface area contributed by atoms with Crippen LogP contribution in [-0.4, -0.2) is 48.9 Å². The molecule has 18 heavy (non-hydrogen) atoms. The fourth-order valence-corrected chi connectivity index (χ4v) is 1.94. The molecule has 0 aromatic carbocycles. The highest BCUT2D eigenvalue weighted by molar-refractivity contribution is 5.83. The molecule has 1 aliphatic rings. The third-order valence-corrected chi connectivity index (χ3v) is 2.95. The minimum atomic E-state index is -4.39. The van der Waals surface area contributed by atoms with Crippen LogP contribution in [0.3, 0.4) is 0 Å². The lowest BCUT2D eigenvalue weighted by molar-refractivity contribution is -0.139. The number of nitrogens with zero attached hydrogens (tertiary/aromatic N) is 1. The second-order valence-corrected chi connectivity index (χ2v) is 4.45. The van der Waals surface area contributed by atoms with Crippen molar-refractivity contribution in [3.8, 4) is 0 Å². The number of carbonyl (C=O) groups excluding carboxylic acids is 2. The summed E-state index contributed by atoms with van der Waals surface area (Å²) >= 11 is 0. The Kier molecular flexibility index (Phi) is 5.13. The Morgan fingerprint density at radius 1 is 1.50 bits per heavy atom. The molecule has 1 heterocycles. The van der Waals surface area contributed by atoms with Gasteiger partial charge in [0.25, 0.3) is 0 Å². The van der Waals surface area contributed by atoms with Gasteiger partial charge in [0.15, 0.2) is 0 Å². The Bertz CT molecular complexity index is 318. The van der Waals surface area contributed by atoms with Gasteiger partial charge in [0.05, 0.1) is 6.54 Å². The summed E-state index contributed by atoms with van der Waals surface area (Å²) in [7, 11) is 0. The smallest absolute Gasteiger partial charge is 0.346 e. The first-order chi connectivity index (χ1) is 8.31. The summed E-state index contributed by atoms with van der Waals surface area (Å²) < 4.78 is 35.7. The lowest BCUT2D eigenvalue weighted by Gasteiger charge is -2.30. The van der Waals surface area contributed by atoms with E-state index in [9.17, 15) is 22.8 Å². The summed E-state index contributed by atoms with van der Waals surface area (Å²) in [6.45, 7) is 1.38. The fraction of sp³-hybridized carbons (Fsp3) is 0.818. The highest BCUT2D eigenvalue weighted by Crippen LogP contribution is 2.16. The minimum absolute atomic E-state index is 0.0835. The van der Waals surface area contributed by atoms with Gasteiger partial charge in [-0.3, -0.25) is 14.5 Å². The predicted octanol–water partition coefficient (Wildman–Crippen LogP) is 0.966. The number of hydrogen-bond donors (Lipinski definition) is 1. The molecule has 0 spiro atoms. The number of rotatable bonds is 4. The van der Waals surface area contributed by atoms with Gasteiger partial charge in [-0.25, -0.2) is 0 Å². The number of alkyl halides is 3. The van der Waals surface area contributed by atoms with Gasteiger partial charge in [-0.05, 0) is 6.42 Å². The van der Waals surface area contributed by atoms with Gasteiger partial charge in [0, 0.05) is 25.4 Å². The first-order valence-electron chi connectivity index (χ1n) is 5.90. The summed E-state index contributed by atoms with van der Waals surface area (Å²) in [6.07, 6.45) is -3.33. The lowest BCUT2D eigenvalue weighted by Crippen LogP contribution is -2.46. The van der Waals surface area contributed by atoms with Crippen LogP contribution in [0.4, 0.5) is 13.2 Å². The Balaban J connectivity index is 2.34. The van der Waals surface area contributed by atoms with Crippen LogP contribution >= 0.6 is 0 Å². The van der Waals surface area contributed by atoms with Gasteiger partial charge in [0.2, 0.25) is 5.91 Å². The van der Waals surface area contributed by atoms with Crippen molar-refractivity contribution in [2.24, 2.45) is 5.92 Å². The maximum atomic E-state index is 11.9. The number of piperidine rings is 1. The summed E-state index contributed by atoms with van der Waals surface area (Å²) in [5.41, 5.74) is 0. The number of Topliss-reactive ketones (excluding diaryl/α,β-unsaturated/α-hetero) is 1. The summed E-state index contributed by atoms with van der Waals surface area (Å²) in [6, 6.07) is 0. The molecule has 1 fully saturated rings. The third kappa shape index (κ3) is 5.03. The topological polar surface area (TPSA) is 49.4 Å². The molecule has 104 valence electrons. The van der Waals surface area contributed by atoms with Crippen molar-refractivity contribution in [1.82, 2.24) is 10.2 Å². The van der Waals surface area contributed by atoms with E-state index in [0.717, 1.165) is 0 Å². The van der Waals surface area contributed by atoms with Crippen LogP contribution in [-0.2, 0) is 9.59 Å². The van der Waals surface area contributed by atoms with Crippen LogP contribution in [0.2, 0.25) is 0 Å². The molecule has 0 saturated carbocycles. The molecular weight excluding hydrogens is 249 g/mol. The third-order valence-electron chi connectivity index (χ3n) is 2.95. The van der Waals surface area contributed by atoms with Crippen LogP contribution in [0.5, 0.6) is 0 Å². The zero-order valence-electron chi connectivity index (χ0n) is 10.2. The summed E-state index contributed by atoms with van der Waals surface area (Å²) in [4.78, 5) is 24.5. The van der Waals surface area contributed by atoms with Crippen LogP contribution < -0.4 is 5.32 Å². The highest BCUT2D eigenvalue weighted by atomic mass is 19.4. The molecule has 4 nitrogen and oxygen atoms in total. The van der Waals surface area contributed by atoms with E-state index in [1.165, 1.54) is 0 Å². The van der Waals surface area contributed by atoms with Crippen LogP contribution in [0.15, 0.2) is 0 Å². The largest absolute Gasteiger partial charge is 0.405 e. The van der Waals surface area contributed by atoms with Crippen LogP contribution in [0.1, 0.15) is 19.8 Å². The first kappa shape index (κ1) is 14.9. The number of hydrogen-bond acceptors (Lipinski definition) is 3. The first-order valence-corrected chi connectivity index (χ1v) is 5.90. The Labute approximate surface area is 104 Å². The van der Waals surface area contributed by atoms with Crippen LogP contribution in [0.25, 0.3) is 0 Å². The normalized spacial score (nSPS) is 22.0. The fourth-order valence-electron chi connectivity index (χ4n) is 1.94. The van der Waals surface area contributed by atoms with Crippen molar-refractivity contribution >= 4 is 11.7 Å². The van der Waals surface area contributed by atoms with E-state index in [1.807, 2.05) is 12.2 Å². The maximum Gasteiger partial charge on any atom is 0.405 e. The summed E-state index contributed by atoms with van der Waals surface area (Å²) in [5.74, 6) is -0.588. The van der Waals surface area contributed by atoms with Crippen molar-refractivity contribution in [3.63, 3.8) is 0 Å². The quantitative estimate of drug-likeness (QED) is 0.824. The van der Waals surface area contributed by atoms with E-state index in [4.69, 9.17) is 0 Å². The van der Waals surface area contributed by atoms with E-state index in [0.29, 0.717) is 25.9 Å². The molecular formula is C11H17F3N2O2. The predicted molar refractivity (Wildman–Crippen MR) is 58.9 cm³/mol. The zero-order chi connectivity index (χ0) is 13.8. The number of nitrogens with one attached hydrogen (secondary N) is 1.